The Balaban J connectivity index is 1.24. The number of anilines is 1. The Morgan fingerprint density at radius 3 is 2.06 bits per heavy atom. The van der Waals surface area contributed by atoms with Gasteiger partial charge >= 0.3 is 0 Å². The zero-order chi connectivity index (χ0) is 24.7. The molecule has 2 heterocycles. The van der Waals surface area contributed by atoms with Crippen molar-refractivity contribution in [2.45, 2.75) is 37.2 Å². The number of nitrogens with zero attached hydrogens (tertiary/aromatic N) is 3. The summed E-state index contributed by atoms with van der Waals surface area (Å²) >= 11 is 0. The van der Waals surface area contributed by atoms with Gasteiger partial charge < -0.3 is 9.64 Å². The van der Waals surface area contributed by atoms with Gasteiger partial charge in [-0.25, -0.2) is 27.2 Å². The van der Waals surface area contributed by atoms with Crippen molar-refractivity contribution in [1.29, 1.82) is 0 Å². The molecule has 2 fully saturated rings. The van der Waals surface area contributed by atoms with E-state index in [0.29, 0.717) is 23.0 Å². The molecule has 2 atom stereocenters. The van der Waals surface area contributed by atoms with Crippen LogP contribution in [0.1, 0.15) is 25.3 Å². The lowest BCUT2D eigenvalue weighted by atomic mass is 10.0. The second kappa shape index (κ2) is 9.18. The number of hydrogen-bond donors (Lipinski definition) is 0. The monoisotopic (exact) mass is 499 g/mol. The van der Waals surface area contributed by atoms with Gasteiger partial charge in [-0.2, -0.15) is 0 Å². The van der Waals surface area contributed by atoms with Crippen molar-refractivity contribution < 1.29 is 21.9 Å². The first-order valence-corrected chi connectivity index (χ1v) is 13.6. The van der Waals surface area contributed by atoms with Crippen molar-refractivity contribution in [3.8, 4) is 16.9 Å². The number of fused-ring (bicyclic) bond motifs is 1. The molecule has 3 aromatic rings. The molecule has 0 N–H and O–H groups in total. The van der Waals surface area contributed by atoms with E-state index < -0.39 is 21.5 Å². The van der Waals surface area contributed by atoms with E-state index in [4.69, 9.17) is 4.74 Å². The fourth-order valence-electron chi connectivity index (χ4n) is 5.10. The van der Waals surface area contributed by atoms with E-state index in [1.54, 1.807) is 0 Å². The molecule has 2 aromatic carbocycles. The van der Waals surface area contributed by atoms with Gasteiger partial charge in [-0.3, -0.25) is 0 Å². The molecule has 5 rings (SSSR count). The molecule has 0 radical (unpaired) electrons. The minimum absolute atomic E-state index is 0.150. The molecule has 35 heavy (non-hydrogen) atoms. The number of benzene rings is 2. The first-order chi connectivity index (χ1) is 16.7. The maximum absolute atomic E-state index is 14.9. The van der Waals surface area contributed by atoms with Crippen molar-refractivity contribution in [1.82, 2.24) is 9.97 Å². The molecule has 0 bridgehead atoms. The number of sulfone groups is 1. The molecule has 184 valence electrons. The number of ether oxygens (including phenoxy) is 1. The van der Waals surface area contributed by atoms with E-state index in [-0.39, 0.29) is 16.7 Å². The van der Waals surface area contributed by atoms with E-state index >= 15 is 0 Å². The summed E-state index contributed by atoms with van der Waals surface area (Å²) in [6.07, 6.45) is 6.92. The maximum atomic E-state index is 14.9. The topological polar surface area (TPSA) is 72.4 Å². The third kappa shape index (κ3) is 4.87. The highest BCUT2D eigenvalue weighted by Crippen LogP contribution is 2.41. The van der Waals surface area contributed by atoms with Gasteiger partial charge in [0.1, 0.15) is 0 Å². The third-order valence-corrected chi connectivity index (χ3v) is 8.12. The molecule has 6 nitrogen and oxygen atoms in total. The Bertz CT molecular complexity index is 1290. The third-order valence-electron chi connectivity index (χ3n) is 6.99. The Morgan fingerprint density at radius 1 is 0.971 bits per heavy atom. The lowest BCUT2D eigenvalue weighted by molar-refractivity contribution is 0.182. The number of halogens is 2. The smallest absolute Gasteiger partial charge is 0.225 e. The van der Waals surface area contributed by atoms with E-state index in [9.17, 15) is 17.2 Å². The highest BCUT2D eigenvalue weighted by Gasteiger charge is 2.43. The van der Waals surface area contributed by atoms with Crippen LogP contribution in [-0.4, -0.2) is 43.8 Å². The fraction of sp³-hybridized carbons (Fsp3) is 0.385. The molecule has 1 saturated carbocycles. The van der Waals surface area contributed by atoms with Crippen LogP contribution in [0.2, 0.25) is 0 Å². The zero-order valence-corrected chi connectivity index (χ0v) is 20.4. The molecule has 2 aliphatic rings. The lowest BCUT2D eigenvalue weighted by Crippen LogP contribution is -2.26. The number of aromatic nitrogens is 2. The Labute approximate surface area is 203 Å². The molecule has 9 heteroatoms. The predicted molar refractivity (Wildman–Crippen MR) is 129 cm³/mol. The fourth-order valence-corrected chi connectivity index (χ4v) is 5.73. The Kier molecular flexibility index (Phi) is 6.21. The van der Waals surface area contributed by atoms with Gasteiger partial charge in [-0.1, -0.05) is 19.1 Å². The second-order valence-electron chi connectivity index (χ2n) is 9.45. The van der Waals surface area contributed by atoms with E-state index in [1.807, 2.05) is 12.4 Å². The second-order valence-corrected chi connectivity index (χ2v) is 11.5. The van der Waals surface area contributed by atoms with Crippen molar-refractivity contribution >= 4 is 15.8 Å². The van der Waals surface area contributed by atoms with Gasteiger partial charge in [0.05, 0.1) is 11.0 Å². The van der Waals surface area contributed by atoms with Gasteiger partial charge in [0.15, 0.2) is 27.2 Å². The average Bonchev–Trinajstić information content (AvgIpc) is 3.40. The zero-order valence-electron chi connectivity index (χ0n) is 19.6. The first-order valence-electron chi connectivity index (χ1n) is 11.7. The van der Waals surface area contributed by atoms with Gasteiger partial charge in [-0.05, 0) is 72.1 Å². The Hall–Kier alpha value is -3.07. The van der Waals surface area contributed by atoms with Gasteiger partial charge in [0.25, 0.3) is 0 Å². The van der Waals surface area contributed by atoms with Crippen LogP contribution in [0.25, 0.3) is 11.1 Å². The molecule has 0 amide bonds. The first kappa shape index (κ1) is 23.7. The summed E-state index contributed by atoms with van der Waals surface area (Å²) < 4.78 is 58.8. The molecular weight excluding hydrogens is 472 g/mol. The number of aryl methyl sites for hydroxylation is 1. The van der Waals surface area contributed by atoms with E-state index in [2.05, 4.69) is 21.8 Å². The van der Waals surface area contributed by atoms with Crippen molar-refractivity contribution in [3.63, 3.8) is 0 Å². The summed E-state index contributed by atoms with van der Waals surface area (Å²) in [6, 6.07) is 8.37. The van der Waals surface area contributed by atoms with Crippen LogP contribution < -0.4 is 9.64 Å². The molecule has 0 spiro atoms. The summed E-state index contributed by atoms with van der Waals surface area (Å²) in [5.74, 6) is -0.430. The van der Waals surface area contributed by atoms with Crippen LogP contribution in [0.5, 0.6) is 5.75 Å². The molecule has 1 aliphatic carbocycles. The van der Waals surface area contributed by atoms with Crippen molar-refractivity contribution in [3.05, 3.63) is 66.0 Å². The van der Waals surface area contributed by atoms with Gasteiger partial charge in [0, 0.05) is 31.7 Å². The lowest BCUT2D eigenvalue weighted by Gasteiger charge is -2.20. The van der Waals surface area contributed by atoms with Crippen LogP contribution >= 0.6 is 0 Å². The molecule has 1 saturated heterocycles. The summed E-state index contributed by atoms with van der Waals surface area (Å²) in [6.45, 7) is 3.68. The minimum atomic E-state index is -3.35. The van der Waals surface area contributed by atoms with Crippen LogP contribution in [-0.2, 0) is 16.3 Å². The van der Waals surface area contributed by atoms with Crippen molar-refractivity contribution in [2.24, 2.45) is 11.8 Å². The highest BCUT2D eigenvalue weighted by molar-refractivity contribution is 7.90. The number of hydrogen-bond acceptors (Lipinski definition) is 6. The quantitative estimate of drug-likeness (QED) is 0.490. The minimum Gasteiger partial charge on any atom is -0.484 e. The highest BCUT2D eigenvalue weighted by atomic mass is 32.2. The summed E-state index contributed by atoms with van der Waals surface area (Å²) in [4.78, 5) is 11.3. The van der Waals surface area contributed by atoms with E-state index in [1.165, 1.54) is 36.4 Å². The largest absolute Gasteiger partial charge is 0.484 e. The molecule has 1 aliphatic heterocycles. The molecule has 2 unspecified atom stereocenters. The normalized spacial score (nSPS) is 21.8. The van der Waals surface area contributed by atoms with Crippen LogP contribution in [0.3, 0.4) is 0 Å². The summed E-state index contributed by atoms with van der Waals surface area (Å²) in [5, 5.41) is 0. The van der Waals surface area contributed by atoms with Crippen molar-refractivity contribution in [2.75, 3.05) is 24.2 Å². The van der Waals surface area contributed by atoms with Crippen LogP contribution in [0, 0.1) is 23.5 Å². The maximum Gasteiger partial charge on any atom is 0.225 e. The van der Waals surface area contributed by atoms with E-state index in [0.717, 1.165) is 50.1 Å². The standard InChI is InChI=1S/C26H27F2N3O3S/c1-3-16-12-29-26(30-13-16)31-14-19-8-21(9-20(19)15-31)34-25-23(27)10-18(11-24(25)28)17-4-6-22(7-5-17)35(2,32)33/h4-7,10-13,19-21H,3,8-9,14-15H2,1-2H3. The average molecular weight is 500 g/mol. The molecule has 1 aromatic heterocycles. The van der Waals surface area contributed by atoms with Gasteiger partial charge in [0.2, 0.25) is 5.95 Å². The molecular formula is C26H27F2N3O3S. The predicted octanol–water partition coefficient (Wildman–Crippen LogP) is 4.68. The van der Waals surface area contributed by atoms with Crippen LogP contribution in [0.4, 0.5) is 14.7 Å². The number of rotatable bonds is 6. The van der Waals surface area contributed by atoms with Gasteiger partial charge in [-0.15, -0.1) is 0 Å². The van der Waals surface area contributed by atoms with Crippen LogP contribution in [0.15, 0.2) is 53.7 Å². The Morgan fingerprint density at radius 2 is 1.54 bits per heavy atom. The SMILES string of the molecule is CCc1cnc(N2CC3CC(Oc4c(F)cc(-c5ccc(S(C)(=O)=O)cc5)cc4F)CC3C2)nc1. The summed E-state index contributed by atoms with van der Waals surface area (Å²) in [7, 11) is -3.35. The summed E-state index contributed by atoms with van der Waals surface area (Å²) in [5.41, 5.74) is 1.94.